The fourth-order valence-corrected chi connectivity index (χ4v) is 10.8. The smallest absolute Gasteiger partial charge is 0.298 e. The van der Waals surface area contributed by atoms with Gasteiger partial charge in [0.15, 0.2) is 28.9 Å². The maximum absolute atomic E-state index is 6.82. The summed E-state index contributed by atoms with van der Waals surface area (Å²) in [7, 11) is -1.59. The molecule has 3 aromatic heterocycles. The summed E-state index contributed by atoms with van der Waals surface area (Å²) in [6.45, 7) is 17.8. The molecule has 2 aliphatic rings. The van der Waals surface area contributed by atoms with Crippen molar-refractivity contribution in [2.75, 3.05) is 0 Å². The monoisotopic (exact) mass is 645 g/mol. The fraction of sp³-hybridized carbons (Fsp3) is 0.256. The summed E-state index contributed by atoms with van der Waals surface area (Å²) in [4.78, 5) is 0. The van der Waals surface area contributed by atoms with E-state index < -0.39 is 8.07 Å². The zero-order valence-electron chi connectivity index (χ0n) is 28.7. The van der Waals surface area contributed by atoms with Gasteiger partial charge in [-0.1, -0.05) is 86.9 Å². The standard InChI is InChI=1S/C43H43N3OSi/c1-7-44-35-17-11-12-18-36(35)46-28(3)25-38-32(30-14-8-9-15-31(30)37-24-27(2)40(26-45(37)38)48(4,5)6)22-20-29-21-23-34-33-16-10-13-19-39(33)47-42(34)41(29)43(44)46/h8-19,21,23-24,26,32,38H,3,7,20,22,25H2,1-2,4-6H3/q+2. The minimum absolute atomic E-state index is 0.249. The Morgan fingerprint density at radius 2 is 1.69 bits per heavy atom. The summed E-state index contributed by atoms with van der Waals surface area (Å²) >= 11 is 0. The van der Waals surface area contributed by atoms with E-state index in [0.29, 0.717) is 5.92 Å². The van der Waals surface area contributed by atoms with Gasteiger partial charge in [-0.25, -0.2) is 4.57 Å². The van der Waals surface area contributed by atoms with Crippen LogP contribution in [-0.2, 0) is 13.0 Å². The highest BCUT2D eigenvalue weighted by Crippen LogP contribution is 2.47. The molecular formula is C43H43N3OSi+2. The lowest BCUT2D eigenvalue weighted by atomic mass is 9.77. The SMILES string of the molecule is C=C1CC2C(CCc3ccc4c(oc5ccccc54)c3-c3n1c1ccccc1[n+]3CC)c1ccccc1-c1cc(C)c([Si](C)(C)C)c[n+]12. The molecule has 238 valence electrons. The van der Waals surface area contributed by atoms with Gasteiger partial charge in [-0.3, -0.25) is 0 Å². The van der Waals surface area contributed by atoms with Gasteiger partial charge < -0.3 is 4.42 Å². The average Bonchev–Trinajstić information content (AvgIpc) is 3.62. The fourth-order valence-electron chi connectivity index (χ4n) is 9.03. The first-order valence-electron chi connectivity index (χ1n) is 17.5. The minimum Gasteiger partial charge on any atom is -0.455 e. The van der Waals surface area contributed by atoms with E-state index in [1.54, 1.807) is 5.19 Å². The second-order valence-electron chi connectivity index (χ2n) is 14.9. The van der Waals surface area contributed by atoms with Crippen LogP contribution in [0.15, 0.2) is 108 Å². The summed E-state index contributed by atoms with van der Waals surface area (Å²) in [5.41, 5.74) is 13.6. The second kappa shape index (κ2) is 10.6. The molecule has 2 unspecified atom stereocenters. The van der Waals surface area contributed by atoms with E-state index in [9.17, 15) is 0 Å². The maximum atomic E-state index is 6.82. The normalized spacial score (nSPS) is 17.6. The number of aromatic nitrogens is 3. The van der Waals surface area contributed by atoms with E-state index in [-0.39, 0.29) is 6.04 Å². The first-order valence-corrected chi connectivity index (χ1v) is 21.0. The van der Waals surface area contributed by atoms with Gasteiger partial charge >= 0.3 is 0 Å². The summed E-state index contributed by atoms with van der Waals surface area (Å²) in [5, 5.41) is 3.88. The predicted molar refractivity (Wildman–Crippen MR) is 200 cm³/mol. The summed E-state index contributed by atoms with van der Waals surface area (Å²) in [6.07, 6.45) is 5.39. The van der Waals surface area contributed by atoms with Crippen molar-refractivity contribution in [1.29, 1.82) is 0 Å². The largest absolute Gasteiger partial charge is 0.455 e. The number of rotatable bonds is 2. The van der Waals surface area contributed by atoms with Crippen LogP contribution in [0.1, 0.15) is 48.4 Å². The Bertz CT molecular complexity index is 2460. The zero-order chi connectivity index (χ0) is 32.9. The van der Waals surface area contributed by atoms with Crippen molar-refractivity contribution in [2.45, 2.75) is 71.3 Å². The van der Waals surface area contributed by atoms with Crippen LogP contribution >= 0.6 is 0 Å². The van der Waals surface area contributed by atoms with Crippen LogP contribution in [0.25, 0.3) is 61.3 Å². The number of para-hydroxylation sites is 3. The first-order chi connectivity index (χ1) is 23.2. The molecule has 0 bridgehead atoms. The Hall–Kier alpha value is -4.74. The third-order valence-electron chi connectivity index (χ3n) is 11.1. The molecule has 0 saturated carbocycles. The van der Waals surface area contributed by atoms with E-state index in [1.165, 1.54) is 61.1 Å². The predicted octanol–water partition coefficient (Wildman–Crippen LogP) is 9.47. The van der Waals surface area contributed by atoms with Crippen molar-refractivity contribution in [3.8, 4) is 22.6 Å². The molecule has 0 N–H and O–H groups in total. The Kier molecular flexibility index (Phi) is 6.51. The molecule has 9 rings (SSSR count). The van der Waals surface area contributed by atoms with Gasteiger partial charge in [0.05, 0.1) is 21.0 Å². The van der Waals surface area contributed by atoms with E-state index in [4.69, 9.17) is 11.0 Å². The number of imidazole rings is 1. The van der Waals surface area contributed by atoms with Gasteiger partial charge in [-0.2, -0.15) is 9.13 Å². The highest BCUT2D eigenvalue weighted by molar-refractivity contribution is 6.88. The maximum Gasteiger partial charge on any atom is 0.298 e. The van der Waals surface area contributed by atoms with Gasteiger partial charge in [-0.05, 0) is 67.6 Å². The topological polar surface area (TPSA) is 25.8 Å². The lowest BCUT2D eigenvalue weighted by Crippen LogP contribution is -2.53. The number of hydrogen-bond acceptors (Lipinski definition) is 1. The van der Waals surface area contributed by atoms with Crippen LogP contribution in [0.4, 0.5) is 0 Å². The molecule has 0 spiro atoms. The molecule has 7 aromatic rings. The molecular weight excluding hydrogens is 603 g/mol. The van der Waals surface area contributed by atoms with Crippen LogP contribution in [0, 0.1) is 6.92 Å². The van der Waals surface area contributed by atoms with Gasteiger partial charge in [0.1, 0.15) is 16.8 Å². The number of benzene rings is 4. The van der Waals surface area contributed by atoms with Crippen molar-refractivity contribution in [3.05, 3.63) is 120 Å². The van der Waals surface area contributed by atoms with E-state index >= 15 is 0 Å². The molecule has 4 nitrogen and oxygen atoms in total. The van der Waals surface area contributed by atoms with Gasteiger partial charge in [0, 0.05) is 33.5 Å². The molecule has 0 amide bonds. The quantitative estimate of drug-likeness (QED) is 0.136. The van der Waals surface area contributed by atoms with Gasteiger partial charge in [-0.15, -0.1) is 0 Å². The van der Waals surface area contributed by atoms with Crippen molar-refractivity contribution < 1.29 is 13.6 Å². The van der Waals surface area contributed by atoms with E-state index in [0.717, 1.165) is 42.7 Å². The lowest BCUT2D eigenvalue weighted by Gasteiger charge is -2.33. The van der Waals surface area contributed by atoms with Crippen LogP contribution < -0.4 is 14.3 Å². The third kappa shape index (κ3) is 4.19. The van der Waals surface area contributed by atoms with Crippen molar-refractivity contribution in [3.63, 3.8) is 0 Å². The summed E-state index contributed by atoms with van der Waals surface area (Å²) in [5.74, 6) is 1.52. The van der Waals surface area contributed by atoms with Crippen LogP contribution in [0.2, 0.25) is 19.6 Å². The highest BCUT2D eigenvalue weighted by atomic mass is 28.3. The summed E-state index contributed by atoms with van der Waals surface area (Å²) in [6, 6.07) is 33.9. The van der Waals surface area contributed by atoms with E-state index in [1.807, 2.05) is 0 Å². The number of furan rings is 1. The number of fused-ring (bicyclic) bond motifs is 15. The molecule has 48 heavy (non-hydrogen) atoms. The zero-order valence-corrected chi connectivity index (χ0v) is 29.7. The Morgan fingerprint density at radius 3 is 2.52 bits per heavy atom. The molecule has 2 atom stereocenters. The van der Waals surface area contributed by atoms with Crippen molar-refractivity contribution in [2.24, 2.45) is 0 Å². The molecule has 0 radical (unpaired) electrons. The number of pyridine rings is 1. The Morgan fingerprint density at radius 1 is 0.917 bits per heavy atom. The first kappa shape index (κ1) is 29.4. The van der Waals surface area contributed by atoms with Crippen LogP contribution in [-0.4, -0.2) is 12.6 Å². The average molecular weight is 646 g/mol. The molecule has 0 fully saturated rings. The third-order valence-corrected chi connectivity index (χ3v) is 13.3. The number of nitrogens with zero attached hydrogens (tertiary/aromatic N) is 3. The highest BCUT2D eigenvalue weighted by Gasteiger charge is 2.44. The number of aryl methyl sites for hydroxylation is 3. The minimum atomic E-state index is -1.59. The number of hydrogen-bond donors (Lipinski definition) is 0. The van der Waals surface area contributed by atoms with Crippen LogP contribution in [0.3, 0.4) is 0 Å². The van der Waals surface area contributed by atoms with Crippen molar-refractivity contribution in [1.82, 2.24) is 4.57 Å². The van der Waals surface area contributed by atoms with E-state index in [2.05, 4.69) is 144 Å². The summed E-state index contributed by atoms with van der Waals surface area (Å²) < 4.78 is 14.4. The molecule has 0 saturated heterocycles. The molecule has 5 heterocycles. The molecule has 0 aliphatic carbocycles. The van der Waals surface area contributed by atoms with Gasteiger partial charge in [0.25, 0.3) is 5.82 Å². The Labute approximate surface area is 283 Å². The Balaban J connectivity index is 1.35. The van der Waals surface area contributed by atoms with Gasteiger partial charge in [0.2, 0.25) is 5.69 Å². The molecule has 2 aliphatic heterocycles. The number of allylic oxidation sites excluding steroid dienone is 1. The second-order valence-corrected chi connectivity index (χ2v) is 20.0. The molecule has 5 heteroatoms. The van der Waals surface area contributed by atoms with Crippen molar-refractivity contribution >= 4 is 51.9 Å². The van der Waals surface area contributed by atoms with Crippen LogP contribution in [0.5, 0.6) is 0 Å². The lowest BCUT2D eigenvalue weighted by molar-refractivity contribution is -0.716. The molecule has 4 aromatic carbocycles.